The van der Waals surface area contributed by atoms with Crippen LogP contribution in [0.5, 0.6) is 0 Å². The molecule has 0 aliphatic carbocycles. The van der Waals surface area contributed by atoms with Crippen molar-refractivity contribution in [1.29, 1.82) is 0 Å². The van der Waals surface area contributed by atoms with Crippen molar-refractivity contribution < 1.29 is 4.79 Å². The van der Waals surface area contributed by atoms with Crippen molar-refractivity contribution in [3.8, 4) is 0 Å². The molecule has 0 bridgehead atoms. The number of hydrogen-bond acceptors (Lipinski definition) is 7. The maximum Gasteiger partial charge on any atom is 0.265 e. The molecule has 10 heteroatoms. The average Bonchev–Trinajstić information content (AvgIpc) is 2.75. The Bertz CT molecular complexity index is 1150. The average molecular weight is 472 g/mol. The monoisotopic (exact) mass is 471 g/mol. The summed E-state index contributed by atoms with van der Waals surface area (Å²) in [6, 6.07) is 11.2. The van der Waals surface area contributed by atoms with Crippen molar-refractivity contribution >= 4 is 57.9 Å². The fourth-order valence-electron chi connectivity index (χ4n) is 3.59. The van der Waals surface area contributed by atoms with Crippen LogP contribution in [0.25, 0.3) is 0 Å². The number of hydrogen-bond donors (Lipinski definition) is 3. The van der Waals surface area contributed by atoms with E-state index in [0.717, 1.165) is 23.5 Å². The summed E-state index contributed by atoms with van der Waals surface area (Å²) in [5.74, 6) is 0.570. The number of para-hydroxylation sites is 1. The van der Waals surface area contributed by atoms with E-state index in [-0.39, 0.29) is 12.6 Å². The Kier molecular flexibility index (Phi) is 6.36. The minimum Gasteiger partial charge on any atom is -0.377 e. The lowest BCUT2D eigenvalue weighted by atomic mass is 10.1. The first-order valence-corrected chi connectivity index (χ1v) is 10.7. The van der Waals surface area contributed by atoms with Gasteiger partial charge in [-0.25, -0.2) is 4.98 Å². The Labute approximate surface area is 196 Å². The van der Waals surface area contributed by atoms with Gasteiger partial charge in [0.15, 0.2) is 0 Å². The third-order valence-corrected chi connectivity index (χ3v) is 5.67. The normalized spacial score (nSPS) is 12.9. The van der Waals surface area contributed by atoms with E-state index >= 15 is 0 Å². The van der Waals surface area contributed by atoms with Crippen LogP contribution in [0.2, 0.25) is 10.0 Å². The number of nitrogens with one attached hydrogen (secondary N) is 3. The number of carbonyl (C=O) groups excluding carboxylic acids is 1. The third kappa shape index (κ3) is 4.29. The molecule has 3 N–H and O–H groups in total. The SMILES string of the molecule is CNCc1cc(Nc2ncc3c(n2)NCN(c2c(Cl)cccc2Cl)C3=O)ccc1N(C)C. The summed E-state index contributed by atoms with van der Waals surface area (Å²) < 4.78 is 0. The Morgan fingerprint density at radius 3 is 2.62 bits per heavy atom. The van der Waals surface area contributed by atoms with E-state index in [1.165, 1.54) is 11.1 Å². The predicted molar refractivity (Wildman–Crippen MR) is 131 cm³/mol. The van der Waals surface area contributed by atoms with Crippen LogP contribution in [0.1, 0.15) is 15.9 Å². The second kappa shape index (κ2) is 9.20. The Morgan fingerprint density at radius 2 is 1.94 bits per heavy atom. The van der Waals surface area contributed by atoms with E-state index in [9.17, 15) is 4.79 Å². The van der Waals surface area contributed by atoms with Gasteiger partial charge in [-0.2, -0.15) is 4.98 Å². The lowest BCUT2D eigenvalue weighted by Crippen LogP contribution is -2.41. The van der Waals surface area contributed by atoms with E-state index in [0.29, 0.717) is 33.1 Å². The zero-order valence-corrected chi connectivity index (χ0v) is 19.4. The van der Waals surface area contributed by atoms with Crippen LogP contribution in [0, 0.1) is 0 Å². The van der Waals surface area contributed by atoms with Crippen LogP contribution in [-0.2, 0) is 6.54 Å². The molecule has 166 valence electrons. The maximum absolute atomic E-state index is 13.1. The topological polar surface area (TPSA) is 85.4 Å². The van der Waals surface area contributed by atoms with E-state index < -0.39 is 0 Å². The zero-order valence-electron chi connectivity index (χ0n) is 17.9. The molecule has 1 amide bonds. The minimum atomic E-state index is -0.271. The summed E-state index contributed by atoms with van der Waals surface area (Å²) in [5, 5.41) is 10.4. The molecule has 1 aliphatic rings. The van der Waals surface area contributed by atoms with Crippen molar-refractivity contribution in [3.63, 3.8) is 0 Å². The van der Waals surface area contributed by atoms with Gasteiger partial charge in [0.25, 0.3) is 5.91 Å². The number of benzene rings is 2. The van der Waals surface area contributed by atoms with Gasteiger partial charge in [-0.1, -0.05) is 29.3 Å². The van der Waals surface area contributed by atoms with Crippen LogP contribution in [0.15, 0.2) is 42.6 Å². The first kappa shape index (κ1) is 22.1. The number of nitrogens with zero attached hydrogens (tertiary/aromatic N) is 4. The molecule has 0 spiro atoms. The molecule has 0 unspecified atom stereocenters. The lowest BCUT2D eigenvalue weighted by molar-refractivity contribution is 0.0985. The van der Waals surface area contributed by atoms with Crippen LogP contribution in [0.3, 0.4) is 0 Å². The second-order valence-electron chi connectivity index (χ2n) is 7.49. The summed E-state index contributed by atoms with van der Waals surface area (Å²) in [7, 11) is 5.93. The summed E-state index contributed by atoms with van der Waals surface area (Å²) in [6.45, 7) is 0.917. The molecule has 1 aliphatic heterocycles. The molecule has 0 fully saturated rings. The van der Waals surface area contributed by atoms with E-state index in [1.54, 1.807) is 18.2 Å². The van der Waals surface area contributed by atoms with Crippen LogP contribution >= 0.6 is 23.2 Å². The summed E-state index contributed by atoms with van der Waals surface area (Å²) in [4.78, 5) is 25.4. The van der Waals surface area contributed by atoms with Crippen molar-refractivity contribution in [1.82, 2.24) is 15.3 Å². The molecule has 3 aromatic rings. The van der Waals surface area contributed by atoms with Gasteiger partial charge in [-0.15, -0.1) is 0 Å². The summed E-state index contributed by atoms with van der Waals surface area (Å²) >= 11 is 12.6. The van der Waals surface area contributed by atoms with E-state index in [1.807, 2.05) is 39.3 Å². The Balaban J connectivity index is 1.58. The quantitative estimate of drug-likeness (QED) is 0.492. The fraction of sp³-hybridized carbons (Fsp3) is 0.227. The van der Waals surface area contributed by atoms with Crippen molar-refractivity contribution in [2.24, 2.45) is 0 Å². The Morgan fingerprint density at radius 1 is 1.19 bits per heavy atom. The number of rotatable bonds is 6. The molecule has 1 aromatic heterocycles. The minimum absolute atomic E-state index is 0.190. The molecular formula is C22H23Cl2N7O. The van der Waals surface area contributed by atoms with E-state index in [4.69, 9.17) is 23.2 Å². The van der Waals surface area contributed by atoms with Gasteiger partial charge in [0.2, 0.25) is 5.95 Å². The predicted octanol–water partition coefficient (Wildman–Crippen LogP) is 4.34. The van der Waals surface area contributed by atoms with Gasteiger partial charge in [-0.3, -0.25) is 9.69 Å². The van der Waals surface area contributed by atoms with Crippen molar-refractivity contribution in [3.05, 3.63) is 63.8 Å². The first-order chi connectivity index (χ1) is 15.4. The van der Waals surface area contributed by atoms with Crippen molar-refractivity contribution in [2.45, 2.75) is 6.54 Å². The molecular weight excluding hydrogens is 449 g/mol. The highest BCUT2D eigenvalue weighted by Crippen LogP contribution is 2.36. The fourth-order valence-corrected chi connectivity index (χ4v) is 4.19. The van der Waals surface area contributed by atoms with E-state index in [2.05, 4.69) is 30.8 Å². The molecule has 8 nitrogen and oxygen atoms in total. The zero-order chi connectivity index (χ0) is 22.8. The molecule has 2 heterocycles. The molecule has 0 saturated heterocycles. The number of aromatic nitrogens is 2. The molecule has 4 rings (SSSR count). The summed E-state index contributed by atoms with van der Waals surface area (Å²) in [5.41, 5.74) is 3.92. The summed E-state index contributed by atoms with van der Waals surface area (Å²) in [6.07, 6.45) is 1.50. The van der Waals surface area contributed by atoms with Gasteiger partial charge in [0, 0.05) is 38.2 Å². The molecule has 32 heavy (non-hydrogen) atoms. The number of halogens is 2. The number of fused-ring (bicyclic) bond motifs is 1. The smallest absolute Gasteiger partial charge is 0.265 e. The largest absolute Gasteiger partial charge is 0.377 e. The number of amides is 1. The van der Waals surface area contributed by atoms with Crippen molar-refractivity contribution in [2.75, 3.05) is 48.2 Å². The first-order valence-electron chi connectivity index (χ1n) is 9.97. The van der Waals surface area contributed by atoms with Gasteiger partial charge < -0.3 is 20.9 Å². The molecule has 0 radical (unpaired) electrons. The molecule has 2 aromatic carbocycles. The maximum atomic E-state index is 13.1. The molecule has 0 saturated carbocycles. The highest BCUT2D eigenvalue weighted by atomic mass is 35.5. The van der Waals surface area contributed by atoms with Crippen LogP contribution < -0.4 is 25.8 Å². The standard InChI is InChI=1S/C22H23Cl2N7O/c1-25-10-13-9-14(7-8-18(13)30(2)3)28-22-26-11-15-20(29-22)27-12-31(21(15)32)19-16(23)5-4-6-17(19)24/h4-9,11,25H,10,12H2,1-3H3,(H2,26,27,28,29). The van der Waals surface area contributed by atoms with Crippen LogP contribution in [-0.4, -0.2) is 43.7 Å². The van der Waals surface area contributed by atoms with Gasteiger partial charge in [-0.05, 0) is 42.9 Å². The Hall–Kier alpha value is -3.07. The highest BCUT2D eigenvalue weighted by Gasteiger charge is 2.29. The second-order valence-corrected chi connectivity index (χ2v) is 8.30. The van der Waals surface area contributed by atoms with Crippen LogP contribution in [0.4, 0.5) is 28.8 Å². The third-order valence-electron chi connectivity index (χ3n) is 5.06. The highest BCUT2D eigenvalue weighted by molar-refractivity contribution is 6.40. The number of anilines is 5. The van der Waals surface area contributed by atoms with Gasteiger partial charge >= 0.3 is 0 Å². The number of carbonyl (C=O) groups is 1. The van der Waals surface area contributed by atoms with Gasteiger partial charge in [0.1, 0.15) is 11.4 Å². The van der Waals surface area contributed by atoms with Gasteiger partial charge in [0.05, 0.1) is 22.4 Å². The lowest BCUT2D eigenvalue weighted by Gasteiger charge is -2.30. The molecule has 0 atom stereocenters.